The van der Waals surface area contributed by atoms with Crippen molar-refractivity contribution in [2.45, 2.75) is 71.1 Å². The molecule has 2 aliphatic rings. The van der Waals surface area contributed by atoms with E-state index in [1.54, 1.807) is 0 Å². The number of hydrogen-bond donors (Lipinski definition) is 2. The van der Waals surface area contributed by atoms with Gasteiger partial charge < -0.3 is 15.5 Å². The van der Waals surface area contributed by atoms with Gasteiger partial charge in [-0.3, -0.25) is 14.4 Å². The molecule has 186 valence electrons. The number of rotatable bonds is 7. The highest BCUT2D eigenvalue weighted by Crippen LogP contribution is 2.35. The predicted octanol–water partition coefficient (Wildman–Crippen LogP) is 3.55. The maximum absolute atomic E-state index is 14.1. The van der Waals surface area contributed by atoms with Crippen molar-refractivity contribution in [3.8, 4) is 0 Å². The van der Waals surface area contributed by atoms with Crippen molar-refractivity contribution in [1.29, 1.82) is 0 Å². The first kappa shape index (κ1) is 24.9. The van der Waals surface area contributed by atoms with Gasteiger partial charge in [-0.2, -0.15) is 0 Å². The van der Waals surface area contributed by atoms with Gasteiger partial charge in [-0.15, -0.1) is 0 Å². The van der Waals surface area contributed by atoms with Crippen LogP contribution in [0.4, 0.5) is 4.39 Å². The van der Waals surface area contributed by atoms with Crippen LogP contribution >= 0.6 is 0 Å². The van der Waals surface area contributed by atoms with Crippen molar-refractivity contribution in [3.05, 3.63) is 71.0 Å². The molecule has 2 unspecified atom stereocenters. The van der Waals surface area contributed by atoms with Gasteiger partial charge in [-0.25, -0.2) is 4.39 Å². The monoisotopic (exact) mass is 479 g/mol. The Kier molecular flexibility index (Phi) is 7.24. The number of nitrogens with zero attached hydrogens (tertiary/aromatic N) is 1. The summed E-state index contributed by atoms with van der Waals surface area (Å²) in [6, 6.07) is 11.0. The minimum Gasteiger partial charge on any atom is -0.352 e. The molecular weight excluding hydrogens is 445 g/mol. The Balaban J connectivity index is 1.74. The highest BCUT2D eigenvalue weighted by atomic mass is 19.1. The summed E-state index contributed by atoms with van der Waals surface area (Å²) < 4.78 is 13.7. The fraction of sp³-hybridized carbons (Fsp3) is 0.464. The average molecular weight is 480 g/mol. The molecular formula is C28H34FN3O3. The van der Waals surface area contributed by atoms with Gasteiger partial charge in [0.15, 0.2) is 0 Å². The zero-order valence-corrected chi connectivity index (χ0v) is 20.8. The SMILES string of the molecule is CC(C)CC1C(=O)NC(C2Cc3ccccc3C2)C(=O)N1[C@@H](C(=O)NC(C)C)c1ccc(F)cc1. The fourth-order valence-electron chi connectivity index (χ4n) is 5.32. The number of hydrogen-bond acceptors (Lipinski definition) is 3. The lowest BCUT2D eigenvalue weighted by atomic mass is 9.88. The number of nitrogens with one attached hydrogen (secondary N) is 2. The van der Waals surface area contributed by atoms with E-state index in [1.807, 2.05) is 39.8 Å². The summed E-state index contributed by atoms with van der Waals surface area (Å²) in [6.45, 7) is 7.65. The van der Waals surface area contributed by atoms with Crippen LogP contribution in [0.5, 0.6) is 0 Å². The number of benzene rings is 2. The summed E-state index contributed by atoms with van der Waals surface area (Å²) in [5.74, 6) is -1.29. The van der Waals surface area contributed by atoms with E-state index in [2.05, 4.69) is 22.8 Å². The van der Waals surface area contributed by atoms with E-state index in [1.165, 1.54) is 40.3 Å². The number of amides is 3. The standard InChI is InChI=1S/C28H34FN3O3/c1-16(2)13-23-26(33)31-24(21-14-19-7-5-6-8-20(19)15-21)28(35)32(23)25(27(34)30-17(3)4)18-9-11-22(29)12-10-18/h5-12,16-17,21,23-25H,13-15H2,1-4H3,(H,30,34)(H,31,33)/t23?,24?,25-/m1/s1. The normalized spacial score (nSPS) is 21.3. The molecule has 1 fully saturated rings. The van der Waals surface area contributed by atoms with E-state index in [9.17, 15) is 18.8 Å². The summed E-state index contributed by atoms with van der Waals surface area (Å²) in [6.07, 6.45) is 1.80. The second-order valence-electron chi connectivity index (χ2n) is 10.4. The van der Waals surface area contributed by atoms with Crippen LogP contribution < -0.4 is 10.6 Å². The van der Waals surface area contributed by atoms with E-state index >= 15 is 0 Å². The Morgan fingerprint density at radius 3 is 2.17 bits per heavy atom. The van der Waals surface area contributed by atoms with Crippen LogP contribution in [0.1, 0.15) is 56.8 Å². The first-order valence-electron chi connectivity index (χ1n) is 12.4. The van der Waals surface area contributed by atoms with Gasteiger partial charge in [0.2, 0.25) is 17.7 Å². The minimum absolute atomic E-state index is 0.0895. The average Bonchev–Trinajstić information content (AvgIpc) is 3.22. The van der Waals surface area contributed by atoms with Gasteiger partial charge >= 0.3 is 0 Å². The number of halogens is 1. The Labute approximate surface area is 206 Å². The summed E-state index contributed by atoms with van der Waals surface area (Å²) in [7, 11) is 0. The van der Waals surface area contributed by atoms with E-state index in [4.69, 9.17) is 0 Å². The van der Waals surface area contributed by atoms with Crippen molar-refractivity contribution in [2.24, 2.45) is 11.8 Å². The quantitative estimate of drug-likeness (QED) is 0.638. The lowest BCUT2D eigenvalue weighted by Gasteiger charge is -2.45. The van der Waals surface area contributed by atoms with Crippen molar-refractivity contribution in [2.75, 3.05) is 0 Å². The molecule has 0 radical (unpaired) electrons. The minimum atomic E-state index is -1.04. The highest BCUT2D eigenvalue weighted by molar-refractivity contribution is 6.00. The molecule has 0 spiro atoms. The van der Waals surface area contributed by atoms with Crippen LogP contribution in [-0.4, -0.2) is 40.7 Å². The van der Waals surface area contributed by atoms with Gasteiger partial charge in [0, 0.05) is 6.04 Å². The summed E-state index contributed by atoms with van der Waals surface area (Å²) in [5, 5.41) is 5.90. The summed E-state index contributed by atoms with van der Waals surface area (Å²) >= 11 is 0. The van der Waals surface area contributed by atoms with Crippen LogP contribution in [0.2, 0.25) is 0 Å². The molecule has 0 aromatic heterocycles. The van der Waals surface area contributed by atoms with E-state index < -0.39 is 23.9 Å². The molecule has 1 heterocycles. The van der Waals surface area contributed by atoms with Crippen LogP contribution in [-0.2, 0) is 27.2 Å². The summed E-state index contributed by atoms with van der Waals surface area (Å²) in [5.41, 5.74) is 2.85. The fourth-order valence-corrected chi connectivity index (χ4v) is 5.32. The largest absolute Gasteiger partial charge is 0.352 e. The molecule has 0 bridgehead atoms. The van der Waals surface area contributed by atoms with Gasteiger partial charge in [-0.1, -0.05) is 50.2 Å². The topological polar surface area (TPSA) is 78.5 Å². The molecule has 4 rings (SSSR count). The molecule has 7 heteroatoms. The van der Waals surface area contributed by atoms with Crippen LogP contribution in [0.25, 0.3) is 0 Å². The van der Waals surface area contributed by atoms with Gasteiger partial charge in [0.1, 0.15) is 23.9 Å². The van der Waals surface area contributed by atoms with E-state index in [0.717, 1.165) is 0 Å². The Bertz CT molecular complexity index is 1070. The molecule has 0 saturated carbocycles. The third-order valence-electron chi connectivity index (χ3n) is 6.85. The third-order valence-corrected chi connectivity index (χ3v) is 6.85. The van der Waals surface area contributed by atoms with Crippen molar-refractivity contribution in [1.82, 2.24) is 15.5 Å². The van der Waals surface area contributed by atoms with Gasteiger partial charge in [0.05, 0.1) is 0 Å². The molecule has 2 aromatic rings. The summed E-state index contributed by atoms with van der Waals surface area (Å²) in [4.78, 5) is 42.6. The van der Waals surface area contributed by atoms with E-state index in [-0.39, 0.29) is 35.6 Å². The smallest absolute Gasteiger partial charge is 0.247 e. The zero-order valence-electron chi connectivity index (χ0n) is 20.8. The van der Waals surface area contributed by atoms with Crippen LogP contribution in [0, 0.1) is 17.7 Å². The molecule has 35 heavy (non-hydrogen) atoms. The number of fused-ring (bicyclic) bond motifs is 1. The first-order valence-corrected chi connectivity index (χ1v) is 12.4. The van der Waals surface area contributed by atoms with Crippen molar-refractivity contribution in [3.63, 3.8) is 0 Å². The maximum Gasteiger partial charge on any atom is 0.247 e. The number of piperazine rings is 1. The van der Waals surface area contributed by atoms with Crippen molar-refractivity contribution < 1.29 is 18.8 Å². The second-order valence-corrected chi connectivity index (χ2v) is 10.4. The highest BCUT2D eigenvalue weighted by Gasteiger charge is 2.49. The lowest BCUT2D eigenvalue weighted by molar-refractivity contribution is -0.158. The molecule has 3 atom stereocenters. The Morgan fingerprint density at radius 2 is 1.63 bits per heavy atom. The van der Waals surface area contributed by atoms with Crippen molar-refractivity contribution >= 4 is 17.7 Å². The number of carbonyl (C=O) groups is 3. The second kappa shape index (κ2) is 10.2. The molecule has 1 aliphatic carbocycles. The Morgan fingerprint density at radius 1 is 1.03 bits per heavy atom. The molecule has 6 nitrogen and oxygen atoms in total. The molecule has 3 amide bonds. The van der Waals surface area contributed by atoms with Crippen LogP contribution in [0.15, 0.2) is 48.5 Å². The predicted molar refractivity (Wildman–Crippen MR) is 132 cm³/mol. The van der Waals surface area contributed by atoms with E-state index in [0.29, 0.717) is 24.8 Å². The third kappa shape index (κ3) is 5.24. The lowest BCUT2D eigenvalue weighted by Crippen LogP contribution is -2.67. The van der Waals surface area contributed by atoms with Gasteiger partial charge in [0.25, 0.3) is 0 Å². The molecule has 2 N–H and O–H groups in total. The Hall–Kier alpha value is -3.22. The molecule has 2 aromatic carbocycles. The molecule has 1 aliphatic heterocycles. The molecule has 1 saturated heterocycles. The van der Waals surface area contributed by atoms with Crippen LogP contribution in [0.3, 0.4) is 0 Å². The van der Waals surface area contributed by atoms with Gasteiger partial charge in [-0.05, 0) is 73.8 Å². The first-order chi connectivity index (χ1) is 16.7. The zero-order chi connectivity index (χ0) is 25.3. The maximum atomic E-state index is 14.1. The number of carbonyl (C=O) groups excluding carboxylic acids is 3.